The summed E-state index contributed by atoms with van der Waals surface area (Å²) in [5.74, 6) is 2.07. The molecule has 142 valence electrons. The molecular weight excluding hydrogens is 360 g/mol. The lowest BCUT2D eigenvalue weighted by Crippen LogP contribution is -2.08. The molecule has 0 aliphatic carbocycles. The van der Waals surface area contributed by atoms with Gasteiger partial charge in [-0.2, -0.15) is 4.98 Å². The van der Waals surface area contributed by atoms with E-state index in [1.165, 1.54) is 7.11 Å². The van der Waals surface area contributed by atoms with Gasteiger partial charge in [-0.25, -0.2) is 9.78 Å². The molecule has 0 saturated carbocycles. The summed E-state index contributed by atoms with van der Waals surface area (Å²) in [5, 5.41) is 6.31. The van der Waals surface area contributed by atoms with E-state index in [1.54, 1.807) is 30.5 Å². The van der Waals surface area contributed by atoms with E-state index in [1.807, 2.05) is 24.3 Å². The van der Waals surface area contributed by atoms with Crippen LogP contribution in [0.4, 0.5) is 17.5 Å². The zero-order valence-electron chi connectivity index (χ0n) is 15.1. The van der Waals surface area contributed by atoms with Crippen LogP contribution in [0.3, 0.4) is 0 Å². The summed E-state index contributed by atoms with van der Waals surface area (Å²) in [6, 6.07) is 14.5. The predicted octanol–water partition coefficient (Wildman–Crippen LogP) is 3.35. The minimum Gasteiger partial charge on any atom is -0.465 e. The first-order valence-electron chi connectivity index (χ1n) is 8.63. The standard InChI is InChI=1S/C20H18N4O4/c1-26-19(25)14-4-2-3-5-15(14)23-18-8-9-21-20(24-18)22-11-13-6-7-16-17(10-13)28-12-27-16/h2-10H,11-12H2,1H3,(H2,21,22,23,24). The molecule has 0 atom stereocenters. The summed E-state index contributed by atoms with van der Waals surface area (Å²) in [6.45, 7) is 0.773. The van der Waals surface area contributed by atoms with Crippen LogP contribution in [0.25, 0.3) is 0 Å². The summed E-state index contributed by atoms with van der Waals surface area (Å²) >= 11 is 0. The number of ether oxygens (including phenoxy) is 3. The number of carbonyl (C=O) groups is 1. The van der Waals surface area contributed by atoms with Gasteiger partial charge in [0.25, 0.3) is 0 Å². The Bertz CT molecular complexity index is 1010. The van der Waals surface area contributed by atoms with E-state index >= 15 is 0 Å². The number of esters is 1. The molecule has 0 amide bonds. The molecule has 0 fully saturated rings. The van der Waals surface area contributed by atoms with Gasteiger partial charge >= 0.3 is 5.97 Å². The van der Waals surface area contributed by atoms with Crippen LogP contribution in [-0.2, 0) is 11.3 Å². The maximum atomic E-state index is 11.9. The summed E-state index contributed by atoms with van der Waals surface area (Å²) in [4.78, 5) is 20.6. The average molecular weight is 378 g/mol. The van der Waals surface area contributed by atoms with E-state index in [9.17, 15) is 4.79 Å². The van der Waals surface area contributed by atoms with Gasteiger partial charge in [-0.05, 0) is 35.9 Å². The van der Waals surface area contributed by atoms with Gasteiger partial charge in [-0.15, -0.1) is 0 Å². The maximum absolute atomic E-state index is 11.9. The molecule has 8 heteroatoms. The zero-order valence-corrected chi connectivity index (χ0v) is 15.1. The highest BCUT2D eigenvalue weighted by molar-refractivity contribution is 5.96. The molecule has 4 rings (SSSR count). The number of rotatable bonds is 6. The molecule has 0 saturated heterocycles. The van der Waals surface area contributed by atoms with E-state index in [0.717, 1.165) is 17.1 Å². The average Bonchev–Trinajstić information content (AvgIpc) is 3.20. The first kappa shape index (κ1) is 17.6. The number of fused-ring (bicyclic) bond motifs is 1. The highest BCUT2D eigenvalue weighted by Crippen LogP contribution is 2.32. The summed E-state index contributed by atoms with van der Waals surface area (Å²) < 4.78 is 15.5. The third-order valence-corrected chi connectivity index (χ3v) is 4.14. The van der Waals surface area contributed by atoms with E-state index < -0.39 is 5.97 Å². The quantitative estimate of drug-likeness (QED) is 0.631. The first-order chi connectivity index (χ1) is 13.7. The maximum Gasteiger partial charge on any atom is 0.339 e. The molecule has 2 N–H and O–H groups in total. The van der Waals surface area contributed by atoms with Crippen molar-refractivity contribution in [2.24, 2.45) is 0 Å². The Morgan fingerprint density at radius 3 is 2.89 bits per heavy atom. The Morgan fingerprint density at radius 1 is 1.14 bits per heavy atom. The van der Waals surface area contributed by atoms with Crippen LogP contribution in [0.5, 0.6) is 11.5 Å². The second-order valence-electron chi connectivity index (χ2n) is 5.97. The molecule has 8 nitrogen and oxygen atoms in total. The van der Waals surface area contributed by atoms with Gasteiger partial charge in [0.15, 0.2) is 11.5 Å². The summed E-state index contributed by atoms with van der Waals surface area (Å²) in [5.41, 5.74) is 2.05. The van der Waals surface area contributed by atoms with Crippen LogP contribution in [0.1, 0.15) is 15.9 Å². The van der Waals surface area contributed by atoms with Crippen molar-refractivity contribution < 1.29 is 19.0 Å². The molecule has 28 heavy (non-hydrogen) atoms. The number of nitrogens with one attached hydrogen (secondary N) is 2. The van der Waals surface area contributed by atoms with E-state index in [2.05, 4.69) is 20.6 Å². The number of benzene rings is 2. The SMILES string of the molecule is COC(=O)c1ccccc1Nc1ccnc(NCc2ccc3c(c2)OCO3)n1. The minimum absolute atomic E-state index is 0.246. The fourth-order valence-corrected chi connectivity index (χ4v) is 2.76. The molecule has 0 radical (unpaired) electrons. The topological polar surface area (TPSA) is 94.6 Å². The molecule has 0 bridgehead atoms. The van der Waals surface area contributed by atoms with Gasteiger partial charge in [0.05, 0.1) is 18.4 Å². The third-order valence-electron chi connectivity index (χ3n) is 4.14. The lowest BCUT2D eigenvalue weighted by atomic mass is 10.2. The molecule has 2 heterocycles. The number of nitrogens with zero attached hydrogens (tertiary/aromatic N) is 2. The van der Waals surface area contributed by atoms with Crippen LogP contribution in [-0.4, -0.2) is 29.8 Å². The third kappa shape index (κ3) is 3.80. The number of methoxy groups -OCH3 is 1. The van der Waals surface area contributed by atoms with Crippen molar-refractivity contribution in [3.8, 4) is 11.5 Å². The van der Waals surface area contributed by atoms with E-state index in [4.69, 9.17) is 14.2 Å². The van der Waals surface area contributed by atoms with Gasteiger partial charge < -0.3 is 24.8 Å². The Hall–Kier alpha value is -3.81. The molecular formula is C20H18N4O4. The molecule has 1 aliphatic heterocycles. The van der Waals surface area contributed by atoms with Crippen molar-refractivity contribution in [2.75, 3.05) is 24.5 Å². The van der Waals surface area contributed by atoms with E-state index in [-0.39, 0.29) is 6.79 Å². The van der Waals surface area contributed by atoms with Gasteiger partial charge in [-0.3, -0.25) is 0 Å². The zero-order chi connectivity index (χ0) is 19.3. The van der Waals surface area contributed by atoms with Crippen molar-refractivity contribution >= 4 is 23.4 Å². The van der Waals surface area contributed by atoms with Crippen molar-refractivity contribution in [2.45, 2.75) is 6.54 Å². The van der Waals surface area contributed by atoms with E-state index in [0.29, 0.717) is 29.6 Å². The van der Waals surface area contributed by atoms with Crippen molar-refractivity contribution in [3.63, 3.8) is 0 Å². The van der Waals surface area contributed by atoms with Crippen LogP contribution >= 0.6 is 0 Å². The molecule has 1 aromatic heterocycles. The van der Waals surface area contributed by atoms with Gasteiger partial charge in [0, 0.05) is 12.7 Å². The highest BCUT2D eigenvalue weighted by Gasteiger charge is 2.14. The lowest BCUT2D eigenvalue weighted by molar-refractivity contribution is 0.0602. The van der Waals surface area contributed by atoms with Crippen LogP contribution in [0.2, 0.25) is 0 Å². The Labute approximate surface area is 161 Å². The number of anilines is 3. The Kier molecular flexibility index (Phi) is 4.92. The summed E-state index contributed by atoms with van der Waals surface area (Å²) in [6.07, 6.45) is 1.64. The number of hydrogen-bond donors (Lipinski definition) is 2. The normalized spacial score (nSPS) is 11.8. The number of aromatic nitrogens is 2. The number of carbonyl (C=O) groups excluding carboxylic acids is 1. The fourth-order valence-electron chi connectivity index (χ4n) is 2.76. The van der Waals surface area contributed by atoms with Crippen molar-refractivity contribution in [1.29, 1.82) is 0 Å². The second-order valence-corrected chi connectivity index (χ2v) is 5.97. The Morgan fingerprint density at radius 2 is 2.00 bits per heavy atom. The Balaban J connectivity index is 1.46. The summed E-state index contributed by atoms with van der Waals surface area (Å²) in [7, 11) is 1.35. The van der Waals surface area contributed by atoms with Crippen LogP contribution < -0.4 is 20.1 Å². The minimum atomic E-state index is -0.418. The lowest BCUT2D eigenvalue weighted by Gasteiger charge is -2.11. The largest absolute Gasteiger partial charge is 0.465 e. The molecule has 0 spiro atoms. The van der Waals surface area contributed by atoms with Gasteiger partial charge in [0.2, 0.25) is 12.7 Å². The van der Waals surface area contributed by atoms with Gasteiger partial charge in [0.1, 0.15) is 5.82 Å². The van der Waals surface area contributed by atoms with Gasteiger partial charge in [-0.1, -0.05) is 18.2 Å². The smallest absolute Gasteiger partial charge is 0.339 e. The van der Waals surface area contributed by atoms with Crippen LogP contribution in [0.15, 0.2) is 54.7 Å². The molecule has 0 unspecified atom stereocenters. The fraction of sp³-hybridized carbons (Fsp3) is 0.150. The molecule has 1 aliphatic rings. The first-order valence-corrected chi connectivity index (χ1v) is 8.63. The van der Waals surface area contributed by atoms with Crippen molar-refractivity contribution in [3.05, 3.63) is 65.9 Å². The molecule has 3 aromatic rings. The number of hydrogen-bond acceptors (Lipinski definition) is 8. The highest BCUT2D eigenvalue weighted by atomic mass is 16.7. The second kappa shape index (κ2) is 7.83. The molecule has 2 aromatic carbocycles. The van der Waals surface area contributed by atoms with Crippen LogP contribution in [0, 0.1) is 0 Å². The predicted molar refractivity (Wildman–Crippen MR) is 103 cm³/mol. The monoisotopic (exact) mass is 378 g/mol. The number of para-hydroxylation sites is 1. The van der Waals surface area contributed by atoms with Crippen molar-refractivity contribution in [1.82, 2.24) is 9.97 Å².